The van der Waals surface area contributed by atoms with Gasteiger partial charge in [-0.3, -0.25) is 0 Å². The van der Waals surface area contributed by atoms with Crippen LogP contribution in [-0.4, -0.2) is 19.3 Å². The van der Waals surface area contributed by atoms with Crippen molar-refractivity contribution in [2.24, 2.45) is 0 Å². The molecular weight excluding hydrogens is 244 g/mol. The van der Waals surface area contributed by atoms with Crippen LogP contribution in [0.1, 0.15) is 12.0 Å². The van der Waals surface area contributed by atoms with Gasteiger partial charge in [0.2, 0.25) is 0 Å². The van der Waals surface area contributed by atoms with Gasteiger partial charge in [0.15, 0.2) is 0 Å². The molecule has 1 fully saturated rings. The second-order valence-electron chi connectivity index (χ2n) is 3.51. The molecule has 0 aromatic heterocycles. The Balaban J connectivity index is 2.05. The van der Waals surface area contributed by atoms with E-state index in [2.05, 4.69) is 28.9 Å². The van der Waals surface area contributed by atoms with Crippen molar-refractivity contribution in [3.05, 3.63) is 28.2 Å². The lowest BCUT2D eigenvalue weighted by Crippen LogP contribution is -2.15. The van der Waals surface area contributed by atoms with Crippen LogP contribution < -0.4 is 4.74 Å². The molecule has 1 aliphatic heterocycles. The van der Waals surface area contributed by atoms with E-state index in [9.17, 15) is 0 Å². The number of hydrogen-bond donors (Lipinski definition) is 0. The van der Waals surface area contributed by atoms with Crippen LogP contribution in [0.3, 0.4) is 0 Å². The summed E-state index contributed by atoms with van der Waals surface area (Å²) >= 11 is 3.48. The zero-order chi connectivity index (χ0) is 9.97. The zero-order valence-electron chi connectivity index (χ0n) is 8.13. The normalized spacial score (nSPS) is 21.1. The average molecular weight is 257 g/mol. The molecule has 14 heavy (non-hydrogen) atoms. The van der Waals surface area contributed by atoms with E-state index in [4.69, 9.17) is 9.47 Å². The summed E-state index contributed by atoms with van der Waals surface area (Å²) in [6.45, 7) is 3.59. The van der Waals surface area contributed by atoms with Gasteiger partial charge >= 0.3 is 0 Å². The van der Waals surface area contributed by atoms with Gasteiger partial charge in [-0.05, 0) is 24.6 Å². The third kappa shape index (κ3) is 2.28. The van der Waals surface area contributed by atoms with Crippen LogP contribution >= 0.6 is 15.9 Å². The summed E-state index contributed by atoms with van der Waals surface area (Å²) in [6, 6.07) is 6.06. The van der Waals surface area contributed by atoms with Gasteiger partial charge in [0.1, 0.15) is 11.9 Å². The maximum absolute atomic E-state index is 5.76. The van der Waals surface area contributed by atoms with Crippen molar-refractivity contribution in [3.63, 3.8) is 0 Å². The van der Waals surface area contributed by atoms with Crippen molar-refractivity contribution in [1.82, 2.24) is 0 Å². The lowest BCUT2D eigenvalue weighted by Gasteiger charge is -2.12. The Morgan fingerprint density at radius 1 is 1.50 bits per heavy atom. The Morgan fingerprint density at radius 3 is 3.00 bits per heavy atom. The number of ether oxygens (including phenoxy) is 2. The summed E-state index contributed by atoms with van der Waals surface area (Å²) < 4.78 is 12.1. The molecule has 0 bridgehead atoms. The Morgan fingerprint density at radius 2 is 2.36 bits per heavy atom. The molecular formula is C11H13BrO2. The van der Waals surface area contributed by atoms with E-state index < -0.39 is 0 Å². The quantitative estimate of drug-likeness (QED) is 0.811. The first-order chi connectivity index (χ1) is 6.75. The van der Waals surface area contributed by atoms with E-state index in [1.54, 1.807) is 0 Å². The lowest BCUT2D eigenvalue weighted by molar-refractivity contribution is 0.141. The highest BCUT2D eigenvalue weighted by molar-refractivity contribution is 9.10. The van der Waals surface area contributed by atoms with Gasteiger partial charge < -0.3 is 9.47 Å². The molecule has 0 aliphatic carbocycles. The van der Waals surface area contributed by atoms with Crippen molar-refractivity contribution in [2.75, 3.05) is 13.2 Å². The predicted octanol–water partition coefficient (Wildman–Crippen LogP) is 2.93. The predicted molar refractivity (Wildman–Crippen MR) is 58.7 cm³/mol. The Labute approximate surface area is 92.3 Å². The molecule has 1 unspecified atom stereocenters. The molecule has 1 heterocycles. The highest BCUT2D eigenvalue weighted by Crippen LogP contribution is 2.24. The average Bonchev–Trinajstić information content (AvgIpc) is 2.64. The smallest absolute Gasteiger partial charge is 0.124 e. The maximum atomic E-state index is 5.76. The highest BCUT2D eigenvalue weighted by Gasteiger charge is 2.17. The standard InChI is InChI=1S/C11H13BrO2/c1-8-2-3-9(6-11(8)12)14-10-4-5-13-7-10/h2-3,6,10H,4-5,7H2,1H3. The third-order valence-corrected chi connectivity index (χ3v) is 3.19. The molecule has 1 saturated heterocycles. The van der Waals surface area contributed by atoms with E-state index in [0.717, 1.165) is 23.2 Å². The van der Waals surface area contributed by atoms with Crippen molar-refractivity contribution >= 4 is 15.9 Å². The van der Waals surface area contributed by atoms with Crippen LogP contribution in [0.4, 0.5) is 0 Å². The Kier molecular flexibility index (Phi) is 3.08. The van der Waals surface area contributed by atoms with Crippen molar-refractivity contribution in [1.29, 1.82) is 0 Å². The highest BCUT2D eigenvalue weighted by atomic mass is 79.9. The fourth-order valence-electron chi connectivity index (χ4n) is 1.45. The van der Waals surface area contributed by atoms with E-state index in [1.807, 2.05) is 12.1 Å². The molecule has 1 atom stereocenters. The molecule has 3 heteroatoms. The SMILES string of the molecule is Cc1ccc(OC2CCOC2)cc1Br. The van der Waals surface area contributed by atoms with Crippen molar-refractivity contribution in [2.45, 2.75) is 19.4 Å². The number of benzene rings is 1. The second-order valence-corrected chi connectivity index (χ2v) is 4.37. The summed E-state index contributed by atoms with van der Waals surface area (Å²) in [6.07, 6.45) is 1.22. The molecule has 0 N–H and O–H groups in total. The Bertz CT molecular complexity index is 319. The monoisotopic (exact) mass is 256 g/mol. The van der Waals surface area contributed by atoms with Gasteiger partial charge in [0, 0.05) is 10.9 Å². The minimum Gasteiger partial charge on any atom is -0.488 e. The first-order valence-corrected chi connectivity index (χ1v) is 5.55. The number of rotatable bonds is 2. The van der Waals surface area contributed by atoms with E-state index in [1.165, 1.54) is 5.56 Å². The van der Waals surface area contributed by atoms with Crippen molar-refractivity contribution < 1.29 is 9.47 Å². The fourth-order valence-corrected chi connectivity index (χ4v) is 1.80. The molecule has 0 amide bonds. The van der Waals surface area contributed by atoms with Gasteiger partial charge in [0.05, 0.1) is 13.2 Å². The molecule has 1 aromatic carbocycles. The topological polar surface area (TPSA) is 18.5 Å². The van der Waals surface area contributed by atoms with Gasteiger partial charge in [-0.1, -0.05) is 22.0 Å². The largest absolute Gasteiger partial charge is 0.488 e. The third-order valence-electron chi connectivity index (χ3n) is 2.33. The van der Waals surface area contributed by atoms with Gasteiger partial charge in [-0.2, -0.15) is 0 Å². The summed E-state index contributed by atoms with van der Waals surface area (Å²) in [5.74, 6) is 0.915. The van der Waals surface area contributed by atoms with Crippen LogP contribution in [0.2, 0.25) is 0 Å². The van der Waals surface area contributed by atoms with Gasteiger partial charge in [-0.15, -0.1) is 0 Å². The van der Waals surface area contributed by atoms with Crippen LogP contribution in [-0.2, 0) is 4.74 Å². The fraction of sp³-hybridized carbons (Fsp3) is 0.455. The van der Waals surface area contributed by atoms with Crippen LogP contribution in [0.15, 0.2) is 22.7 Å². The molecule has 2 rings (SSSR count). The van der Waals surface area contributed by atoms with Gasteiger partial charge in [0.25, 0.3) is 0 Å². The van der Waals surface area contributed by atoms with Crippen LogP contribution in [0.25, 0.3) is 0 Å². The molecule has 0 saturated carbocycles. The lowest BCUT2D eigenvalue weighted by atomic mass is 10.2. The number of halogens is 1. The van der Waals surface area contributed by atoms with Gasteiger partial charge in [-0.25, -0.2) is 0 Å². The molecule has 1 aliphatic rings. The summed E-state index contributed by atoms with van der Waals surface area (Å²) in [5, 5.41) is 0. The summed E-state index contributed by atoms with van der Waals surface area (Å²) in [5.41, 5.74) is 1.22. The number of hydrogen-bond acceptors (Lipinski definition) is 2. The Hall–Kier alpha value is -0.540. The number of aryl methyl sites for hydroxylation is 1. The van der Waals surface area contributed by atoms with Crippen LogP contribution in [0.5, 0.6) is 5.75 Å². The molecule has 0 spiro atoms. The van der Waals surface area contributed by atoms with E-state index >= 15 is 0 Å². The molecule has 1 aromatic rings. The maximum Gasteiger partial charge on any atom is 0.124 e. The molecule has 76 valence electrons. The van der Waals surface area contributed by atoms with E-state index in [-0.39, 0.29) is 6.10 Å². The molecule has 0 radical (unpaired) electrons. The molecule has 2 nitrogen and oxygen atoms in total. The minimum absolute atomic E-state index is 0.226. The minimum atomic E-state index is 0.226. The second kappa shape index (κ2) is 4.32. The van der Waals surface area contributed by atoms with Crippen LogP contribution in [0, 0.1) is 6.92 Å². The van der Waals surface area contributed by atoms with Crippen molar-refractivity contribution in [3.8, 4) is 5.75 Å². The first-order valence-electron chi connectivity index (χ1n) is 4.76. The first kappa shape index (κ1) is 9.99. The zero-order valence-corrected chi connectivity index (χ0v) is 9.71. The van der Waals surface area contributed by atoms with E-state index in [0.29, 0.717) is 6.61 Å². The summed E-state index contributed by atoms with van der Waals surface area (Å²) in [7, 11) is 0. The summed E-state index contributed by atoms with van der Waals surface area (Å²) in [4.78, 5) is 0.